The molecule has 0 amide bonds. The van der Waals surface area contributed by atoms with Crippen LogP contribution < -0.4 is 9.80 Å². The van der Waals surface area contributed by atoms with E-state index in [2.05, 4.69) is 139 Å². The molecule has 0 unspecified atom stereocenters. The minimum atomic E-state index is 0. The zero-order chi connectivity index (χ0) is 36.3. The molecule has 5 aromatic carbocycles. The van der Waals surface area contributed by atoms with Gasteiger partial charge in [0.1, 0.15) is 6.17 Å². The summed E-state index contributed by atoms with van der Waals surface area (Å²) in [6.07, 6.45) is 6.95. The third-order valence-corrected chi connectivity index (χ3v) is 9.99. The zero-order valence-corrected chi connectivity index (χ0v) is 32.5. The van der Waals surface area contributed by atoms with Crippen LogP contribution in [-0.4, -0.2) is 32.7 Å². The van der Waals surface area contributed by atoms with Gasteiger partial charge in [0, 0.05) is 68.6 Å². The zero-order valence-electron chi connectivity index (χ0n) is 30.1. The minimum absolute atomic E-state index is 0. The van der Waals surface area contributed by atoms with Crippen molar-refractivity contribution < 1.29 is 20.1 Å². The van der Waals surface area contributed by atoms with Gasteiger partial charge in [-0.15, -0.1) is 65.7 Å². The smallest absolute Gasteiger partial charge is 0.158 e. The average Bonchev–Trinajstić information content (AvgIpc) is 3.90. The molecular formula is C48H36IrN6-2. The van der Waals surface area contributed by atoms with Crippen LogP contribution in [0.3, 0.4) is 0 Å². The molecule has 4 aromatic heterocycles. The summed E-state index contributed by atoms with van der Waals surface area (Å²) in [5.41, 5.74) is 11.4. The van der Waals surface area contributed by atoms with E-state index in [0.29, 0.717) is 6.17 Å². The van der Waals surface area contributed by atoms with Gasteiger partial charge in [-0.25, -0.2) is 4.98 Å². The van der Waals surface area contributed by atoms with Crippen LogP contribution in [-0.2, 0) is 26.5 Å². The Morgan fingerprint density at radius 3 is 1.84 bits per heavy atom. The van der Waals surface area contributed by atoms with Crippen LogP contribution in [0.4, 0.5) is 17.2 Å². The monoisotopic (exact) mass is 889 g/mol. The number of rotatable bonds is 3. The Bertz CT molecular complexity index is 2590. The van der Waals surface area contributed by atoms with Crippen molar-refractivity contribution in [2.75, 3.05) is 16.8 Å². The Morgan fingerprint density at radius 2 is 1.15 bits per heavy atom. The predicted octanol–water partition coefficient (Wildman–Crippen LogP) is 10.7. The Kier molecular flexibility index (Phi) is 10.3. The van der Waals surface area contributed by atoms with Gasteiger partial charge in [0.05, 0.1) is 16.7 Å². The van der Waals surface area contributed by atoms with Crippen LogP contribution in [0.1, 0.15) is 5.56 Å². The Balaban J connectivity index is 0.000000124. The van der Waals surface area contributed by atoms with Gasteiger partial charge >= 0.3 is 0 Å². The third kappa shape index (κ3) is 6.92. The maximum atomic E-state index is 4.54. The number of benzene rings is 5. The molecule has 269 valence electrons. The molecule has 0 N–H and O–H groups in total. The fourth-order valence-electron chi connectivity index (χ4n) is 7.48. The van der Waals surface area contributed by atoms with Crippen LogP contribution in [0, 0.1) is 12.1 Å². The number of fused-ring (bicyclic) bond motifs is 8. The minimum Gasteiger partial charge on any atom is -0.351 e. The van der Waals surface area contributed by atoms with Gasteiger partial charge < -0.3 is 24.3 Å². The number of hydrogen-bond acceptors (Lipinski definition) is 5. The predicted molar refractivity (Wildman–Crippen MR) is 220 cm³/mol. The number of para-hydroxylation sites is 3. The standard InChI is InChI=1S/C23H15N2.C14H13N3.C11H8N.Ir/c1-3-13-22-19(10-1)20-11-2-4-14-23(20)25(22)18-9-7-8-17(16-18)21-12-5-6-15-24-21;1-16-12-7-4-8-15-14(12)17-11-6-3-2-5-10(11)9-13(16)17;1-2-6-10(7-3-1)11-8-4-5-9-12-11;/h1-7,9-16H;2-8,13H,9H2,1H3;1-6,8-9H;/q-1;;-1;/t;13-;;/m.0../s1. The summed E-state index contributed by atoms with van der Waals surface area (Å²) in [6.45, 7) is 0. The van der Waals surface area contributed by atoms with Gasteiger partial charge in [-0.05, 0) is 65.1 Å². The molecule has 0 saturated heterocycles. The molecule has 0 aliphatic carbocycles. The number of hydrogen-bond donors (Lipinski definition) is 0. The molecule has 0 bridgehead atoms. The molecule has 55 heavy (non-hydrogen) atoms. The summed E-state index contributed by atoms with van der Waals surface area (Å²) in [7, 11) is 2.15. The maximum Gasteiger partial charge on any atom is 0.158 e. The van der Waals surface area contributed by atoms with E-state index in [1.807, 2.05) is 85.2 Å². The Morgan fingerprint density at radius 1 is 0.545 bits per heavy atom. The largest absolute Gasteiger partial charge is 0.351 e. The summed E-state index contributed by atoms with van der Waals surface area (Å²) in [5.74, 6) is 1.09. The quantitative estimate of drug-likeness (QED) is 0.165. The van der Waals surface area contributed by atoms with Gasteiger partial charge in [-0.1, -0.05) is 78.9 Å². The molecule has 2 aliphatic rings. The van der Waals surface area contributed by atoms with E-state index in [-0.39, 0.29) is 20.1 Å². The van der Waals surface area contributed by atoms with Crippen LogP contribution in [0.2, 0.25) is 0 Å². The van der Waals surface area contributed by atoms with Crippen molar-refractivity contribution in [3.63, 3.8) is 0 Å². The van der Waals surface area contributed by atoms with E-state index in [4.69, 9.17) is 0 Å². The number of anilines is 3. The molecule has 6 heterocycles. The summed E-state index contributed by atoms with van der Waals surface area (Å²) < 4.78 is 2.31. The molecule has 1 radical (unpaired) electrons. The molecule has 11 rings (SSSR count). The first-order valence-electron chi connectivity index (χ1n) is 18.1. The van der Waals surface area contributed by atoms with Crippen molar-refractivity contribution in [2.24, 2.45) is 0 Å². The fourth-order valence-corrected chi connectivity index (χ4v) is 7.48. The van der Waals surface area contributed by atoms with Crippen LogP contribution in [0.25, 0.3) is 50.0 Å². The van der Waals surface area contributed by atoms with Crippen LogP contribution >= 0.6 is 0 Å². The number of likely N-dealkylation sites (N-methyl/N-ethyl adjacent to an activating group) is 1. The van der Waals surface area contributed by atoms with Gasteiger partial charge in [-0.3, -0.25) is 0 Å². The Hall–Kier alpha value is -6.40. The SMILES string of the molecule is CN1c2cccnc2N2c3ccccc3C[C@@H]12.[Ir].[c-]1ccc(-n2c3ccccc3c3ccccc32)cc1-c1ccccn1.[c-]1ccccc1-c1ccccn1. The molecule has 2 aliphatic heterocycles. The summed E-state index contributed by atoms with van der Waals surface area (Å²) in [6, 6.07) is 62.1. The van der Waals surface area contributed by atoms with E-state index in [1.165, 1.54) is 38.7 Å². The first-order valence-corrected chi connectivity index (χ1v) is 18.1. The van der Waals surface area contributed by atoms with E-state index in [0.717, 1.165) is 40.4 Å². The molecule has 9 aromatic rings. The fraction of sp³-hybridized carbons (Fsp3) is 0.0625. The number of aromatic nitrogens is 4. The Labute approximate surface area is 334 Å². The van der Waals surface area contributed by atoms with E-state index in [1.54, 1.807) is 6.20 Å². The van der Waals surface area contributed by atoms with E-state index in [9.17, 15) is 0 Å². The molecule has 0 spiro atoms. The summed E-state index contributed by atoms with van der Waals surface area (Å²) in [4.78, 5) is 17.9. The first kappa shape index (κ1) is 35.6. The second-order valence-corrected chi connectivity index (χ2v) is 13.2. The van der Waals surface area contributed by atoms with Gasteiger partial charge in [0.25, 0.3) is 0 Å². The molecule has 0 saturated carbocycles. The van der Waals surface area contributed by atoms with Crippen molar-refractivity contribution in [1.29, 1.82) is 0 Å². The normalized spacial score (nSPS) is 13.4. The van der Waals surface area contributed by atoms with E-state index >= 15 is 0 Å². The van der Waals surface area contributed by atoms with Gasteiger partial charge in [0.2, 0.25) is 0 Å². The topological polar surface area (TPSA) is 50.1 Å². The third-order valence-electron chi connectivity index (χ3n) is 9.99. The van der Waals surface area contributed by atoms with Crippen LogP contribution in [0.5, 0.6) is 0 Å². The average molecular weight is 889 g/mol. The molecule has 0 fully saturated rings. The van der Waals surface area contributed by atoms with Crippen LogP contribution in [0.15, 0.2) is 182 Å². The van der Waals surface area contributed by atoms with Gasteiger partial charge in [0.15, 0.2) is 5.82 Å². The van der Waals surface area contributed by atoms with Crippen molar-refractivity contribution in [3.8, 4) is 28.2 Å². The molecule has 6 nitrogen and oxygen atoms in total. The number of nitrogens with zero attached hydrogens (tertiary/aromatic N) is 6. The molecule has 1 atom stereocenters. The molecule has 7 heteroatoms. The first-order chi connectivity index (χ1) is 26.7. The van der Waals surface area contributed by atoms with Crippen molar-refractivity contribution in [2.45, 2.75) is 12.6 Å². The molecular weight excluding hydrogens is 853 g/mol. The van der Waals surface area contributed by atoms with Gasteiger partial charge in [-0.2, -0.15) is 0 Å². The second kappa shape index (κ2) is 15.9. The maximum absolute atomic E-state index is 4.54. The summed E-state index contributed by atoms with van der Waals surface area (Å²) >= 11 is 0. The van der Waals surface area contributed by atoms with E-state index < -0.39 is 0 Å². The summed E-state index contributed by atoms with van der Waals surface area (Å²) in [5, 5.41) is 2.54. The van der Waals surface area contributed by atoms with Crippen molar-refractivity contribution in [3.05, 3.63) is 200 Å². The van der Waals surface area contributed by atoms with Crippen molar-refractivity contribution in [1.82, 2.24) is 19.5 Å². The number of pyridine rings is 3. The second-order valence-electron chi connectivity index (χ2n) is 13.2. The van der Waals surface area contributed by atoms with Crippen molar-refractivity contribution >= 4 is 39.0 Å².